The Bertz CT molecular complexity index is 663. The van der Waals surface area contributed by atoms with Crippen LogP contribution in [0.2, 0.25) is 0 Å². The zero-order valence-electron chi connectivity index (χ0n) is 14.0. The van der Waals surface area contributed by atoms with Crippen molar-refractivity contribution in [3.63, 3.8) is 0 Å². The van der Waals surface area contributed by atoms with Gasteiger partial charge in [-0.05, 0) is 48.9 Å². The molecule has 1 saturated heterocycles. The molecule has 0 aliphatic carbocycles. The molecular formula is C19H25N3O. The monoisotopic (exact) mass is 311 g/mol. The van der Waals surface area contributed by atoms with E-state index >= 15 is 0 Å². The second kappa shape index (κ2) is 6.99. The van der Waals surface area contributed by atoms with E-state index in [1.54, 1.807) is 12.4 Å². The summed E-state index contributed by atoms with van der Waals surface area (Å²) in [5.41, 5.74) is 3.01. The van der Waals surface area contributed by atoms with Crippen LogP contribution in [0.25, 0.3) is 11.1 Å². The maximum absolute atomic E-state index is 13.0. The third-order valence-corrected chi connectivity index (χ3v) is 4.54. The Labute approximate surface area is 138 Å². The normalized spacial score (nSPS) is 18.2. The molecule has 1 unspecified atom stereocenters. The molecule has 1 fully saturated rings. The van der Waals surface area contributed by atoms with E-state index in [9.17, 15) is 4.79 Å². The zero-order chi connectivity index (χ0) is 16.2. The summed E-state index contributed by atoms with van der Waals surface area (Å²) in [7, 11) is 0. The summed E-state index contributed by atoms with van der Waals surface area (Å²) in [5, 5.41) is 0. The van der Waals surface area contributed by atoms with Gasteiger partial charge in [0.15, 0.2) is 0 Å². The third kappa shape index (κ3) is 3.46. The molecule has 1 atom stereocenters. The minimum Gasteiger partial charge on any atom is -0.343 e. The number of nitrogens with zero attached hydrogens (tertiary/aromatic N) is 3. The Kier molecular flexibility index (Phi) is 4.79. The lowest BCUT2D eigenvalue weighted by molar-refractivity contribution is 0.0672. The van der Waals surface area contributed by atoms with Crippen molar-refractivity contribution in [3.05, 3.63) is 42.5 Å². The van der Waals surface area contributed by atoms with Crippen molar-refractivity contribution >= 4 is 5.91 Å². The van der Waals surface area contributed by atoms with Gasteiger partial charge >= 0.3 is 0 Å². The van der Waals surface area contributed by atoms with Crippen molar-refractivity contribution in [2.45, 2.75) is 39.7 Å². The van der Waals surface area contributed by atoms with Gasteiger partial charge in [-0.15, -0.1) is 0 Å². The molecule has 1 aliphatic heterocycles. The van der Waals surface area contributed by atoms with Crippen LogP contribution in [-0.4, -0.2) is 33.4 Å². The second-order valence-electron chi connectivity index (χ2n) is 6.54. The van der Waals surface area contributed by atoms with E-state index in [2.05, 4.69) is 29.6 Å². The van der Waals surface area contributed by atoms with Crippen LogP contribution in [0.3, 0.4) is 0 Å². The standard InChI is InChI=1S/C19H25N3O/c1-3-10-21-14-17(16-6-8-20-9-7-16)12-18(21)19(23)22-11-4-5-15(2)13-22/h6-9,12,14-15H,3-5,10-11,13H2,1-2H3. The van der Waals surface area contributed by atoms with E-state index in [4.69, 9.17) is 0 Å². The number of amides is 1. The minimum absolute atomic E-state index is 0.172. The molecule has 4 nitrogen and oxygen atoms in total. The van der Waals surface area contributed by atoms with Crippen molar-refractivity contribution in [1.82, 2.24) is 14.5 Å². The predicted molar refractivity (Wildman–Crippen MR) is 92.3 cm³/mol. The predicted octanol–water partition coefficient (Wildman–Crippen LogP) is 3.83. The summed E-state index contributed by atoms with van der Waals surface area (Å²) in [4.78, 5) is 19.1. The van der Waals surface area contributed by atoms with Crippen molar-refractivity contribution in [2.75, 3.05) is 13.1 Å². The van der Waals surface area contributed by atoms with Gasteiger partial charge in [-0.2, -0.15) is 0 Å². The number of hydrogen-bond acceptors (Lipinski definition) is 2. The van der Waals surface area contributed by atoms with Gasteiger partial charge in [0.05, 0.1) is 0 Å². The molecule has 0 N–H and O–H groups in total. The fourth-order valence-corrected chi connectivity index (χ4v) is 3.35. The van der Waals surface area contributed by atoms with Crippen LogP contribution in [-0.2, 0) is 6.54 Å². The van der Waals surface area contributed by atoms with Gasteiger partial charge in [0, 0.05) is 43.8 Å². The summed E-state index contributed by atoms with van der Waals surface area (Å²) in [6.07, 6.45) is 9.03. The van der Waals surface area contributed by atoms with Gasteiger partial charge in [-0.25, -0.2) is 0 Å². The fraction of sp³-hybridized carbons (Fsp3) is 0.474. The molecule has 122 valence electrons. The van der Waals surface area contributed by atoms with Crippen molar-refractivity contribution in [3.8, 4) is 11.1 Å². The second-order valence-corrected chi connectivity index (χ2v) is 6.54. The molecule has 23 heavy (non-hydrogen) atoms. The number of carbonyl (C=O) groups excluding carboxylic acids is 1. The average Bonchev–Trinajstić information content (AvgIpc) is 2.99. The Hall–Kier alpha value is -2.10. The maximum Gasteiger partial charge on any atom is 0.270 e. The lowest BCUT2D eigenvalue weighted by atomic mass is 10.00. The molecule has 4 heteroatoms. The molecule has 0 radical (unpaired) electrons. The number of piperidine rings is 1. The average molecular weight is 311 g/mol. The van der Waals surface area contributed by atoms with Gasteiger partial charge < -0.3 is 9.47 Å². The zero-order valence-corrected chi connectivity index (χ0v) is 14.0. The van der Waals surface area contributed by atoms with Gasteiger partial charge in [-0.1, -0.05) is 13.8 Å². The molecule has 0 spiro atoms. The molecule has 0 aromatic carbocycles. The lowest BCUT2D eigenvalue weighted by Gasteiger charge is -2.31. The quantitative estimate of drug-likeness (QED) is 0.860. The number of pyridine rings is 1. The van der Waals surface area contributed by atoms with E-state index in [0.717, 1.165) is 49.3 Å². The Morgan fingerprint density at radius 3 is 2.78 bits per heavy atom. The first-order valence-corrected chi connectivity index (χ1v) is 8.59. The number of rotatable bonds is 4. The van der Waals surface area contributed by atoms with Crippen molar-refractivity contribution in [2.24, 2.45) is 5.92 Å². The Morgan fingerprint density at radius 2 is 2.09 bits per heavy atom. The van der Waals surface area contributed by atoms with Crippen LogP contribution in [0.1, 0.15) is 43.6 Å². The largest absolute Gasteiger partial charge is 0.343 e. The number of likely N-dealkylation sites (tertiary alicyclic amines) is 1. The highest BCUT2D eigenvalue weighted by molar-refractivity contribution is 5.94. The van der Waals surface area contributed by atoms with Gasteiger partial charge in [0.2, 0.25) is 0 Å². The molecule has 3 heterocycles. The number of aromatic nitrogens is 2. The topological polar surface area (TPSA) is 38.1 Å². The molecular weight excluding hydrogens is 286 g/mol. The van der Waals surface area contributed by atoms with Crippen molar-refractivity contribution in [1.29, 1.82) is 0 Å². The van der Waals surface area contributed by atoms with E-state index < -0.39 is 0 Å². The van der Waals surface area contributed by atoms with Crippen LogP contribution >= 0.6 is 0 Å². The van der Waals surface area contributed by atoms with Crippen LogP contribution in [0, 0.1) is 5.92 Å². The molecule has 2 aromatic rings. The highest BCUT2D eigenvalue weighted by Gasteiger charge is 2.24. The number of aryl methyl sites for hydroxylation is 1. The summed E-state index contributed by atoms with van der Waals surface area (Å²) in [6, 6.07) is 6.01. The van der Waals surface area contributed by atoms with E-state index in [1.807, 2.05) is 23.1 Å². The molecule has 0 saturated carbocycles. The van der Waals surface area contributed by atoms with Gasteiger partial charge in [0.25, 0.3) is 5.91 Å². The lowest BCUT2D eigenvalue weighted by Crippen LogP contribution is -2.39. The maximum atomic E-state index is 13.0. The SMILES string of the molecule is CCCn1cc(-c2ccncc2)cc1C(=O)N1CCCC(C)C1. The highest BCUT2D eigenvalue weighted by atomic mass is 16.2. The highest BCUT2D eigenvalue weighted by Crippen LogP contribution is 2.24. The number of carbonyl (C=O) groups is 1. The summed E-state index contributed by atoms with van der Waals surface area (Å²) < 4.78 is 2.11. The molecule has 1 aliphatic rings. The van der Waals surface area contributed by atoms with Crippen LogP contribution in [0.5, 0.6) is 0 Å². The van der Waals surface area contributed by atoms with Crippen LogP contribution < -0.4 is 0 Å². The van der Waals surface area contributed by atoms with E-state index in [-0.39, 0.29) is 5.91 Å². The summed E-state index contributed by atoms with van der Waals surface area (Å²) in [5.74, 6) is 0.771. The Balaban J connectivity index is 1.90. The number of hydrogen-bond donors (Lipinski definition) is 0. The van der Waals surface area contributed by atoms with Crippen LogP contribution in [0.15, 0.2) is 36.8 Å². The first-order chi connectivity index (χ1) is 11.2. The molecule has 0 bridgehead atoms. The first kappa shape index (κ1) is 15.8. The van der Waals surface area contributed by atoms with Gasteiger partial charge in [0.1, 0.15) is 5.69 Å². The van der Waals surface area contributed by atoms with Gasteiger partial charge in [-0.3, -0.25) is 9.78 Å². The van der Waals surface area contributed by atoms with E-state index in [1.165, 1.54) is 6.42 Å². The molecule has 2 aromatic heterocycles. The Morgan fingerprint density at radius 1 is 1.30 bits per heavy atom. The fourth-order valence-electron chi connectivity index (χ4n) is 3.35. The minimum atomic E-state index is 0.172. The van der Waals surface area contributed by atoms with Crippen LogP contribution in [0.4, 0.5) is 0 Å². The smallest absolute Gasteiger partial charge is 0.270 e. The third-order valence-electron chi connectivity index (χ3n) is 4.54. The molecule has 1 amide bonds. The summed E-state index contributed by atoms with van der Waals surface area (Å²) >= 11 is 0. The summed E-state index contributed by atoms with van der Waals surface area (Å²) in [6.45, 7) is 7.00. The first-order valence-electron chi connectivity index (χ1n) is 8.59. The molecule has 3 rings (SSSR count). The van der Waals surface area contributed by atoms with E-state index in [0.29, 0.717) is 5.92 Å². The van der Waals surface area contributed by atoms with Crippen molar-refractivity contribution < 1.29 is 4.79 Å².